The van der Waals surface area contributed by atoms with Gasteiger partial charge in [0.25, 0.3) is 0 Å². The van der Waals surface area contributed by atoms with E-state index >= 15 is 0 Å². The van der Waals surface area contributed by atoms with Gasteiger partial charge in [-0.05, 0) is 0 Å². The van der Waals surface area contributed by atoms with E-state index in [1.807, 2.05) is 60.7 Å². The SMILES string of the molecule is O=C(c1ccccc1)c1ccccc1.OCCOCCOCCOCCO. The molecule has 0 bridgehead atoms. The van der Waals surface area contributed by atoms with Crippen molar-refractivity contribution in [3.63, 3.8) is 0 Å². The Morgan fingerprint density at radius 3 is 1.26 bits per heavy atom. The Hall–Kier alpha value is -2.09. The van der Waals surface area contributed by atoms with E-state index in [1.54, 1.807) is 0 Å². The van der Waals surface area contributed by atoms with Crippen molar-refractivity contribution in [3.8, 4) is 0 Å². The van der Waals surface area contributed by atoms with Gasteiger partial charge in [0.15, 0.2) is 5.78 Å². The highest BCUT2D eigenvalue weighted by molar-refractivity contribution is 6.08. The van der Waals surface area contributed by atoms with Crippen molar-refractivity contribution in [2.75, 3.05) is 52.9 Å². The molecule has 148 valence electrons. The standard InChI is InChI=1S/C13H10O.C8H18O5/c14-13(11-7-3-1-4-8-11)12-9-5-2-6-10-12;9-1-3-11-5-7-13-8-6-12-4-2-10/h1-10H;9-10H,1-8H2. The first-order valence-electron chi connectivity index (χ1n) is 8.89. The summed E-state index contributed by atoms with van der Waals surface area (Å²) in [6.45, 7) is 2.76. The molecule has 2 rings (SSSR count). The second-order valence-corrected chi connectivity index (χ2v) is 5.35. The molecule has 0 aromatic heterocycles. The number of hydrogen-bond acceptors (Lipinski definition) is 6. The third-order valence-corrected chi connectivity index (χ3v) is 3.29. The zero-order chi connectivity index (χ0) is 19.6. The van der Waals surface area contributed by atoms with Crippen molar-refractivity contribution in [1.29, 1.82) is 0 Å². The van der Waals surface area contributed by atoms with E-state index in [1.165, 1.54) is 0 Å². The van der Waals surface area contributed by atoms with E-state index in [-0.39, 0.29) is 19.0 Å². The van der Waals surface area contributed by atoms with Gasteiger partial charge in [0.05, 0.1) is 52.9 Å². The second-order valence-electron chi connectivity index (χ2n) is 5.35. The number of ether oxygens (including phenoxy) is 3. The maximum Gasteiger partial charge on any atom is 0.193 e. The molecule has 0 fully saturated rings. The molecular weight excluding hydrogens is 348 g/mol. The first-order valence-corrected chi connectivity index (χ1v) is 8.89. The molecule has 0 aliphatic carbocycles. The minimum atomic E-state index is 0.0413. The van der Waals surface area contributed by atoms with Gasteiger partial charge in [-0.15, -0.1) is 0 Å². The summed E-state index contributed by atoms with van der Waals surface area (Å²) >= 11 is 0. The first kappa shape index (κ1) is 23.0. The van der Waals surface area contributed by atoms with Gasteiger partial charge in [0, 0.05) is 11.1 Å². The third-order valence-electron chi connectivity index (χ3n) is 3.29. The fourth-order valence-electron chi connectivity index (χ4n) is 2.02. The topological polar surface area (TPSA) is 85.2 Å². The van der Waals surface area contributed by atoms with Gasteiger partial charge >= 0.3 is 0 Å². The van der Waals surface area contributed by atoms with Crippen LogP contribution in [0.2, 0.25) is 0 Å². The Kier molecular flexibility index (Phi) is 13.7. The van der Waals surface area contributed by atoms with Crippen LogP contribution in [-0.4, -0.2) is 68.9 Å². The summed E-state index contributed by atoms with van der Waals surface area (Å²) < 4.78 is 15.0. The second kappa shape index (κ2) is 16.1. The van der Waals surface area contributed by atoms with Crippen LogP contribution in [0.1, 0.15) is 15.9 Å². The Labute approximate surface area is 160 Å². The normalized spacial score (nSPS) is 10.1. The Balaban J connectivity index is 0.000000271. The molecule has 2 N–H and O–H groups in total. The number of rotatable bonds is 12. The molecule has 6 heteroatoms. The molecule has 0 aliphatic heterocycles. The highest BCUT2D eigenvalue weighted by Gasteiger charge is 2.06. The molecule has 0 radical (unpaired) electrons. The van der Waals surface area contributed by atoms with Gasteiger partial charge in [-0.25, -0.2) is 0 Å². The Morgan fingerprint density at radius 1 is 0.593 bits per heavy atom. The van der Waals surface area contributed by atoms with E-state index in [9.17, 15) is 4.79 Å². The van der Waals surface area contributed by atoms with Gasteiger partial charge in [0.2, 0.25) is 0 Å². The fraction of sp³-hybridized carbons (Fsp3) is 0.381. The summed E-state index contributed by atoms with van der Waals surface area (Å²) in [7, 11) is 0. The lowest BCUT2D eigenvalue weighted by molar-refractivity contribution is 0.00230. The van der Waals surface area contributed by atoms with Crippen molar-refractivity contribution in [2.45, 2.75) is 0 Å². The van der Waals surface area contributed by atoms with Crippen LogP contribution >= 0.6 is 0 Å². The molecule has 0 saturated heterocycles. The van der Waals surface area contributed by atoms with Crippen LogP contribution in [0.15, 0.2) is 60.7 Å². The number of carbonyl (C=O) groups excluding carboxylic acids is 1. The van der Waals surface area contributed by atoms with Gasteiger partial charge in [0.1, 0.15) is 0 Å². The number of ketones is 1. The maximum absolute atomic E-state index is 11.8. The molecule has 0 saturated carbocycles. The molecule has 0 unspecified atom stereocenters. The van der Waals surface area contributed by atoms with Crippen LogP contribution in [0.25, 0.3) is 0 Å². The summed E-state index contributed by atoms with van der Waals surface area (Å²) in [5, 5.41) is 16.7. The van der Waals surface area contributed by atoms with Crippen LogP contribution in [0, 0.1) is 0 Å². The predicted octanol–water partition coefficient (Wildman–Crippen LogP) is 1.94. The molecule has 27 heavy (non-hydrogen) atoms. The largest absolute Gasteiger partial charge is 0.394 e. The molecule has 2 aromatic rings. The maximum atomic E-state index is 11.8. The molecule has 0 spiro atoms. The van der Waals surface area contributed by atoms with Crippen LogP contribution in [0.3, 0.4) is 0 Å². The lowest BCUT2D eigenvalue weighted by Crippen LogP contribution is -2.11. The Morgan fingerprint density at radius 2 is 0.926 bits per heavy atom. The lowest BCUT2D eigenvalue weighted by atomic mass is 10.0. The average molecular weight is 376 g/mol. The lowest BCUT2D eigenvalue weighted by Gasteiger charge is -2.04. The summed E-state index contributed by atoms with van der Waals surface area (Å²) in [5.41, 5.74) is 1.47. The number of hydrogen-bond donors (Lipinski definition) is 2. The number of benzene rings is 2. The predicted molar refractivity (Wildman–Crippen MR) is 103 cm³/mol. The molecule has 2 aromatic carbocycles. The quantitative estimate of drug-likeness (QED) is 0.435. The Bertz CT molecular complexity index is 537. The first-order chi connectivity index (χ1) is 13.3. The smallest absolute Gasteiger partial charge is 0.193 e. The highest BCUT2D eigenvalue weighted by atomic mass is 16.5. The zero-order valence-corrected chi connectivity index (χ0v) is 15.5. The summed E-state index contributed by atoms with van der Waals surface area (Å²) in [6, 6.07) is 18.6. The number of aliphatic hydroxyl groups excluding tert-OH is 2. The number of carbonyl (C=O) groups is 1. The van der Waals surface area contributed by atoms with Crippen LogP contribution < -0.4 is 0 Å². The summed E-state index contributed by atoms with van der Waals surface area (Å²) in [4.78, 5) is 11.8. The fourth-order valence-corrected chi connectivity index (χ4v) is 2.02. The van der Waals surface area contributed by atoms with E-state index < -0.39 is 0 Å². The highest BCUT2D eigenvalue weighted by Crippen LogP contribution is 2.08. The van der Waals surface area contributed by atoms with Gasteiger partial charge in [-0.2, -0.15) is 0 Å². The van der Waals surface area contributed by atoms with Crippen molar-refractivity contribution in [3.05, 3.63) is 71.8 Å². The molecule has 0 atom stereocenters. The molecule has 0 heterocycles. The molecule has 0 aliphatic rings. The van der Waals surface area contributed by atoms with Crippen molar-refractivity contribution in [1.82, 2.24) is 0 Å². The van der Waals surface area contributed by atoms with Gasteiger partial charge < -0.3 is 24.4 Å². The third kappa shape index (κ3) is 11.3. The monoisotopic (exact) mass is 376 g/mol. The molecular formula is C21H28O6. The zero-order valence-electron chi connectivity index (χ0n) is 15.5. The van der Waals surface area contributed by atoms with E-state index in [2.05, 4.69) is 0 Å². The van der Waals surface area contributed by atoms with Crippen molar-refractivity contribution >= 4 is 5.78 Å². The van der Waals surface area contributed by atoms with E-state index in [0.29, 0.717) is 39.6 Å². The average Bonchev–Trinajstić information content (AvgIpc) is 2.74. The minimum absolute atomic E-state index is 0.0413. The molecule has 0 amide bonds. The van der Waals surface area contributed by atoms with Gasteiger partial charge in [-0.1, -0.05) is 60.7 Å². The number of aliphatic hydroxyl groups is 2. The molecule has 6 nitrogen and oxygen atoms in total. The van der Waals surface area contributed by atoms with E-state index in [0.717, 1.165) is 11.1 Å². The van der Waals surface area contributed by atoms with Crippen molar-refractivity contribution < 1.29 is 29.2 Å². The summed E-state index contributed by atoms with van der Waals surface area (Å²) in [5.74, 6) is 0.0752. The summed E-state index contributed by atoms with van der Waals surface area (Å²) in [6.07, 6.45) is 0. The van der Waals surface area contributed by atoms with Crippen LogP contribution in [0.5, 0.6) is 0 Å². The van der Waals surface area contributed by atoms with E-state index in [4.69, 9.17) is 24.4 Å². The van der Waals surface area contributed by atoms with Crippen molar-refractivity contribution in [2.24, 2.45) is 0 Å². The van der Waals surface area contributed by atoms with Gasteiger partial charge in [-0.3, -0.25) is 4.79 Å². The minimum Gasteiger partial charge on any atom is -0.394 e. The van der Waals surface area contributed by atoms with Crippen LogP contribution in [0.4, 0.5) is 0 Å². The van der Waals surface area contributed by atoms with Crippen LogP contribution in [-0.2, 0) is 14.2 Å².